The van der Waals surface area contributed by atoms with E-state index in [1.807, 2.05) is 12.2 Å². The molecule has 188 valence electrons. The van der Waals surface area contributed by atoms with E-state index in [0.29, 0.717) is 0 Å². The average molecular weight is 491 g/mol. The van der Waals surface area contributed by atoms with Crippen molar-refractivity contribution in [3.8, 4) is 0 Å². The molecule has 0 aromatic rings. The largest absolute Gasteiger partial charge is 0.217 e. The zero-order valence-corrected chi connectivity index (χ0v) is 22.6. The van der Waals surface area contributed by atoms with Crippen molar-refractivity contribution in [2.24, 2.45) is 11.8 Å². The third kappa shape index (κ3) is 7.54. The fraction of sp³-hybridized carbons (Fsp3) is 0.917. The first-order chi connectivity index (χ1) is 14.6. The van der Waals surface area contributed by atoms with Gasteiger partial charge in [-0.25, -0.2) is 26.3 Å². The molecule has 6 nitrogen and oxygen atoms in total. The van der Waals surface area contributed by atoms with E-state index in [0.717, 1.165) is 51.4 Å². The Bertz CT molecular complexity index is 754. The smallest absolute Gasteiger partial charge is 0.212 e. The summed E-state index contributed by atoms with van der Waals surface area (Å²) in [5.74, 6) is 0.478. The summed E-state index contributed by atoms with van der Waals surface area (Å²) >= 11 is 0. The van der Waals surface area contributed by atoms with Crippen LogP contribution in [0.25, 0.3) is 0 Å². The summed E-state index contributed by atoms with van der Waals surface area (Å²) < 4.78 is 55.9. The highest BCUT2D eigenvalue weighted by molar-refractivity contribution is 7.91. The van der Waals surface area contributed by atoms with E-state index in [9.17, 15) is 16.8 Å². The van der Waals surface area contributed by atoms with Gasteiger partial charge in [0.15, 0.2) is 0 Å². The third-order valence-corrected chi connectivity index (χ3v) is 11.4. The minimum Gasteiger partial charge on any atom is -0.212 e. The van der Waals surface area contributed by atoms with Gasteiger partial charge in [0.25, 0.3) is 0 Å². The van der Waals surface area contributed by atoms with Crippen molar-refractivity contribution in [3.63, 3.8) is 0 Å². The summed E-state index contributed by atoms with van der Waals surface area (Å²) in [4.78, 5) is 0. The molecule has 0 aromatic heterocycles. The zero-order chi connectivity index (χ0) is 24.2. The molecule has 8 heteroatoms. The van der Waals surface area contributed by atoms with E-state index in [1.54, 1.807) is 41.5 Å². The Hall–Kier alpha value is -0.440. The topological polar surface area (TPSA) is 92.3 Å². The normalized spacial score (nSPS) is 22.8. The second-order valence-corrected chi connectivity index (χ2v) is 16.6. The Balaban J connectivity index is 2.33. The van der Waals surface area contributed by atoms with Crippen molar-refractivity contribution < 1.29 is 16.8 Å². The number of rotatable bonds is 8. The Morgan fingerprint density at radius 1 is 0.594 bits per heavy atom. The molecular formula is C24H46N2O4S2. The third-order valence-electron chi connectivity index (χ3n) is 7.04. The van der Waals surface area contributed by atoms with Gasteiger partial charge in [-0.1, -0.05) is 50.7 Å². The monoisotopic (exact) mass is 490 g/mol. The molecule has 2 rings (SSSR count). The van der Waals surface area contributed by atoms with Gasteiger partial charge in [-0.3, -0.25) is 0 Å². The van der Waals surface area contributed by atoms with Crippen LogP contribution in [0, 0.1) is 11.8 Å². The van der Waals surface area contributed by atoms with Crippen molar-refractivity contribution in [2.45, 2.75) is 127 Å². The van der Waals surface area contributed by atoms with Gasteiger partial charge < -0.3 is 0 Å². The summed E-state index contributed by atoms with van der Waals surface area (Å²) in [7, 11) is -7.03. The van der Waals surface area contributed by atoms with Crippen LogP contribution in [0.3, 0.4) is 0 Å². The lowest BCUT2D eigenvalue weighted by Gasteiger charge is -2.33. The molecule has 0 unspecified atom stereocenters. The van der Waals surface area contributed by atoms with Crippen LogP contribution >= 0.6 is 0 Å². The van der Waals surface area contributed by atoms with Crippen LogP contribution in [-0.2, 0) is 20.0 Å². The van der Waals surface area contributed by atoms with Crippen LogP contribution < -0.4 is 9.44 Å². The van der Waals surface area contributed by atoms with E-state index in [1.165, 1.54) is 12.8 Å². The number of nitrogens with one attached hydrogen (secondary N) is 2. The molecule has 2 aliphatic rings. The summed E-state index contributed by atoms with van der Waals surface area (Å²) in [6.07, 6.45) is 14.7. The molecule has 0 heterocycles. The molecular weight excluding hydrogens is 444 g/mol. The molecule has 0 saturated heterocycles. The Kier molecular flexibility index (Phi) is 9.45. The molecule has 0 aromatic carbocycles. The van der Waals surface area contributed by atoms with E-state index in [4.69, 9.17) is 0 Å². The van der Waals surface area contributed by atoms with E-state index < -0.39 is 29.5 Å². The van der Waals surface area contributed by atoms with Crippen LogP contribution in [0.5, 0.6) is 0 Å². The van der Waals surface area contributed by atoms with Crippen molar-refractivity contribution in [3.05, 3.63) is 12.2 Å². The molecule has 2 N–H and O–H groups in total. The van der Waals surface area contributed by atoms with Gasteiger partial charge in [-0.15, -0.1) is 0 Å². The van der Waals surface area contributed by atoms with Gasteiger partial charge in [0.05, 0.1) is 9.49 Å². The number of hydrogen-bond donors (Lipinski definition) is 2. The summed E-state index contributed by atoms with van der Waals surface area (Å²) in [5, 5.41) is 0. The standard InChI is InChI=1S/C24H46N2O4S2/c1-23(2,3)31(27,28)25-21(19-13-9-7-10-14-19)17-18-22(20-15-11-8-12-16-20)26-32(29,30)24(4,5)6/h17-22,25-26H,7-16H2,1-6H3/b18-17+/t21-,22-/m0/s1. The summed E-state index contributed by atoms with van der Waals surface area (Å²) in [5.41, 5.74) is 0. The molecule has 0 radical (unpaired) electrons. The molecule has 32 heavy (non-hydrogen) atoms. The highest BCUT2D eigenvalue weighted by Gasteiger charge is 2.36. The summed E-state index contributed by atoms with van der Waals surface area (Å²) in [6, 6.07) is -0.630. The zero-order valence-electron chi connectivity index (χ0n) is 21.0. The van der Waals surface area contributed by atoms with Gasteiger partial charge >= 0.3 is 0 Å². The molecule has 0 spiro atoms. The second kappa shape index (κ2) is 10.9. The Morgan fingerprint density at radius 3 is 1.12 bits per heavy atom. The minimum absolute atomic E-state index is 0.239. The maximum atomic E-state index is 13.0. The second-order valence-electron chi connectivity index (χ2n) is 11.7. The molecule has 2 aliphatic carbocycles. The first kappa shape index (κ1) is 27.8. The first-order valence-electron chi connectivity index (χ1n) is 12.4. The average Bonchev–Trinajstić information content (AvgIpc) is 2.69. The lowest BCUT2D eigenvalue weighted by molar-refractivity contribution is 0.309. The molecule has 2 saturated carbocycles. The molecule has 2 fully saturated rings. The van der Waals surface area contributed by atoms with Gasteiger partial charge in [-0.05, 0) is 79.1 Å². The fourth-order valence-corrected chi connectivity index (χ4v) is 6.49. The van der Waals surface area contributed by atoms with Gasteiger partial charge in [0, 0.05) is 12.1 Å². The van der Waals surface area contributed by atoms with Gasteiger partial charge in [0.2, 0.25) is 20.0 Å². The van der Waals surface area contributed by atoms with Crippen LogP contribution in [0.1, 0.15) is 106 Å². The number of hydrogen-bond acceptors (Lipinski definition) is 4. The minimum atomic E-state index is -3.52. The predicted octanol–water partition coefficient (Wildman–Crippen LogP) is 4.88. The van der Waals surface area contributed by atoms with Crippen LogP contribution in [-0.4, -0.2) is 38.4 Å². The van der Waals surface area contributed by atoms with Crippen LogP contribution in [0.4, 0.5) is 0 Å². The molecule has 2 atom stereocenters. The predicted molar refractivity (Wildman–Crippen MR) is 133 cm³/mol. The Morgan fingerprint density at radius 2 is 0.875 bits per heavy atom. The van der Waals surface area contributed by atoms with Crippen molar-refractivity contribution in [1.29, 1.82) is 0 Å². The van der Waals surface area contributed by atoms with E-state index in [2.05, 4.69) is 9.44 Å². The van der Waals surface area contributed by atoms with E-state index in [-0.39, 0.29) is 23.9 Å². The Labute approximate surface area is 197 Å². The van der Waals surface area contributed by atoms with Crippen molar-refractivity contribution in [1.82, 2.24) is 9.44 Å². The maximum Gasteiger partial charge on any atom is 0.217 e. The quantitative estimate of drug-likeness (QED) is 0.475. The SMILES string of the molecule is CC(C)(C)S(=O)(=O)N[C@@H](/C=C/[C@H](NS(=O)(=O)C(C)(C)C)C1CCCCC1)C1CCCCC1. The highest BCUT2D eigenvalue weighted by Crippen LogP contribution is 2.31. The van der Waals surface area contributed by atoms with Crippen molar-refractivity contribution >= 4 is 20.0 Å². The molecule has 0 aliphatic heterocycles. The maximum absolute atomic E-state index is 13.0. The van der Waals surface area contributed by atoms with E-state index >= 15 is 0 Å². The fourth-order valence-electron chi connectivity index (χ4n) is 4.52. The molecule has 0 bridgehead atoms. The van der Waals surface area contributed by atoms with Gasteiger partial charge in [-0.2, -0.15) is 0 Å². The van der Waals surface area contributed by atoms with Crippen LogP contribution in [0.2, 0.25) is 0 Å². The van der Waals surface area contributed by atoms with Gasteiger partial charge in [0.1, 0.15) is 0 Å². The molecule has 0 amide bonds. The lowest BCUT2D eigenvalue weighted by Crippen LogP contribution is -2.48. The lowest BCUT2D eigenvalue weighted by atomic mass is 9.82. The first-order valence-corrected chi connectivity index (χ1v) is 15.3. The van der Waals surface area contributed by atoms with Crippen LogP contribution in [0.15, 0.2) is 12.2 Å². The highest BCUT2D eigenvalue weighted by atomic mass is 32.2. The van der Waals surface area contributed by atoms with Crippen molar-refractivity contribution in [2.75, 3.05) is 0 Å². The number of sulfonamides is 2. The summed E-state index contributed by atoms with van der Waals surface area (Å²) in [6.45, 7) is 10.2.